The molecule has 1 aromatic heterocycles. The second-order valence-corrected chi connectivity index (χ2v) is 4.95. The Hall–Kier alpha value is -1.42. The van der Waals surface area contributed by atoms with E-state index in [0.717, 1.165) is 18.8 Å². The van der Waals surface area contributed by atoms with Crippen molar-refractivity contribution in [2.24, 2.45) is 0 Å². The fourth-order valence-electron chi connectivity index (χ4n) is 1.97. The van der Waals surface area contributed by atoms with Crippen LogP contribution in [0.25, 0.3) is 0 Å². The number of rotatable bonds is 2. The quantitative estimate of drug-likeness (QED) is 0.897. The zero-order chi connectivity index (χ0) is 12.8. The monoisotopic (exact) mass is 261 g/mol. The van der Waals surface area contributed by atoms with Crippen LogP contribution in [0.1, 0.15) is 19.5 Å². The normalized spacial score (nSPS) is 13.6. The van der Waals surface area contributed by atoms with Gasteiger partial charge in [0.15, 0.2) is 0 Å². The standard InChI is InChI=1S/C12H13N3S.C2H6/c1-2-4-12-11(3-1)15(5-6-16-12)8-10-7-13-9-14-10;1-2/h1-4,7,9H,5-6,8H2,(H,13,14);1-2H3. The number of fused-ring (bicyclic) bond motifs is 1. The first kappa shape index (κ1) is 13.0. The van der Waals surface area contributed by atoms with Crippen LogP contribution in [0.3, 0.4) is 0 Å². The summed E-state index contributed by atoms with van der Waals surface area (Å²) in [6, 6.07) is 8.59. The molecule has 1 aliphatic rings. The van der Waals surface area contributed by atoms with Crippen LogP contribution in [0.4, 0.5) is 5.69 Å². The number of aromatic nitrogens is 2. The Balaban J connectivity index is 0.000000574. The fourth-order valence-corrected chi connectivity index (χ4v) is 3.02. The summed E-state index contributed by atoms with van der Waals surface area (Å²) < 4.78 is 0. The van der Waals surface area contributed by atoms with Gasteiger partial charge in [0.05, 0.1) is 24.3 Å². The summed E-state index contributed by atoms with van der Waals surface area (Å²) in [7, 11) is 0. The molecule has 1 N–H and O–H groups in total. The van der Waals surface area contributed by atoms with Crippen molar-refractivity contribution in [3.05, 3.63) is 42.5 Å². The van der Waals surface area contributed by atoms with Crippen molar-refractivity contribution in [2.45, 2.75) is 25.3 Å². The molecule has 0 saturated carbocycles. The highest BCUT2D eigenvalue weighted by Crippen LogP contribution is 2.34. The van der Waals surface area contributed by atoms with Gasteiger partial charge < -0.3 is 9.88 Å². The first-order valence-electron chi connectivity index (χ1n) is 6.37. The molecular formula is C14H19N3S. The van der Waals surface area contributed by atoms with E-state index in [1.807, 2.05) is 31.8 Å². The van der Waals surface area contributed by atoms with Gasteiger partial charge in [0, 0.05) is 23.4 Å². The number of thioether (sulfide) groups is 1. The van der Waals surface area contributed by atoms with Crippen molar-refractivity contribution in [2.75, 3.05) is 17.2 Å². The first-order chi connectivity index (χ1) is 8.93. The smallest absolute Gasteiger partial charge is 0.0922 e. The topological polar surface area (TPSA) is 31.9 Å². The van der Waals surface area contributed by atoms with Gasteiger partial charge in [0.1, 0.15) is 0 Å². The van der Waals surface area contributed by atoms with Crippen molar-refractivity contribution in [3.63, 3.8) is 0 Å². The maximum atomic E-state index is 4.06. The van der Waals surface area contributed by atoms with Crippen LogP contribution in [0.5, 0.6) is 0 Å². The molecule has 0 saturated heterocycles. The molecule has 0 amide bonds. The van der Waals surface area contributed by atoms with Gasteiger partial charge in [0.25, 0.3) is 0 Å². The minimum absolute atomic E-state index is 0.914. The van der Waals surface area contributed by atoms with E-state index in [0.29, 0.717) is 0 Å². The summed E-state index contributed by atoms with van der Waals surface area (Å²) in [5.41, 5.74) is 2.51. The van der Waals surface area contributed by atoms with E-state index in [9.17, 15) is 0 Å². The number of H-pyrrole nitrogens is 1. The van der Waals surface area contributed by atoms with E-state index >= 15 is 0 Å². The molecule has 0 atom stereocenters. The van der Waals surface area contributed by atoms with Gasteiger partial charge in [-0.25, -0.2) is 4.98 Å². The van der Waals surface area contributed by atoms with Crippen LogP contribution in [0, 0.1) is 0 Å². The van der Waals surface area contributed by atoms with Crippen LogP contribution < -0.4 is 4.90 Å². The number of imidazole rings is 1. The highest BCUT2D eigenvalue weighted by molar-refractivity contribution is 7.99. The minimum Gasteiger partial charge on any atom is -0.364 e. The van der Waals surface area contributed by atoms with Crippen LogP contribution in [-0.4, -0.2) is 22.3 Å². The molecule has 2 heterocycles. The number of para-hydroxylation sites is 1. The van der Waals surface area contributed by atoms with Gasteiger partial charge in [-0.05, 0) is 12.1 Å². The molecule has 18 heavy (non-hydrogen) atoms. The Kier molecular flexibility index (Phi) is 4.70. The number of benzene rings is 1. The molecule has 0 bridgehead atoms. The third-order valence-electron chi connectivity index (χ3n) is 2.74. The molecule has 0 spiro atoms. The van der Waals surface area contributed by atoms with Gasteiger partial charge in [-0.1, -0.05) is 26.0 Å². The molecule has 2 aromatic rings. The number of hydrogen-bond acceptors (Lipinski definition) is 3. The minimum atomic E-state index is 0.914. The molecule has 0 aliphatic carbocycles. The molecule has 1 aromatic carbocycles. The second-order valence-electron chi connectivity index (χ2n) is 3.81. The molecule has 96 valence electrons. The Labute approximate surface area is 113 Å². The maximum Gasteiger partial charge on any atom is 0.0922 e. The van der Waals surface area contributed by atoms with Gasteiger partial charge in [-0.3, -0.25) is 0 Å². The van der Waals surface area contributed by atoms with Crippen LogP contribution in [0.15, 0.2) is 41.7 Å². The zero-order valence-corrected chi connectivity index (χ0v) is 11.7. The zero-order valence-electron chi connectivity index (χ0n) is 10.9. The van der Waals surface area contributed by atoms with Crippen LogP contribution in [-0.2, 0) is 6.54 Å². The Morgan fingerprint density at radius 2 is 2.17 bits per heavy atom. The maximum absolute atomic E-state index is 4.06. The molecule has 1 aliphatic heterocycles. The Bertz CT molecular complexity index is 468. The predicted octanol–water partition coefficient (Wildman–Crippen LogP) is 3.55. The summed E-state index contributed by atoms with van der Waals surface area (Å²) >= 11 is 1.94. The van der Waals surface area contributed by atoms with Crippen molar-refractivity contribution < 1.29 is 0 Å². The van der Waals surface area contributed by atoms with Gasteiger partial charge in [-0.2, -0.15) is 0 Å². The summed E-state index contributed by atoms with van der Waals surface area (Å²) in [5.74, 6) is 1.16. The van der Waals surface area contributed by atoms with Gasteiger partial charge >= 0.3 is 0 Å². The third kappa shape index (κ3) is 2.88. The number of anilines is 1. The van der Waals surface area contributed by atoms with Gasteiger partial charge in [0.2, 0.25) is 0 Å². The largest absolute Gasteiger partial charge is 0.364 e. The molecule has 3 rings (SSSR count). The van der Waals surface area contributed by atoms with E-state index in [2.05, 4.69) is 39.1 Å². The average molecular weight is 261 g/mol. The van der Waals surface area contributed by atoms with E-state index in [-0.39, 0.29) is 0 Å². The summed E-state index contributed by atoms with van der Waals surface area (Å²) in [5, 5.41) is 0. The predicted molar refractivity (Wildman–Crippen MR) is 78.2 cm³/mol. The van der Waals surface area contributed by atoms with Crippen molar-refractivity contribution in [1.82, 2.24) is 9.97 Å². The highest BCUT2D eigenvalue weighted by atomic mass is 32.2. The summed E-state index contributed by atoms with van der Waals surface area (Å²) in [4.78, 5) is 11.0. The van der Waals surface area contributed by atoms with E-state index in [4.69, 9.17) is 0 Å². The van der Waals surface area contributed by atoms with Crippen molar-refractivity contribution in [1.29, 1.82) is 0 Å². The summed E-state index contributed by atoms with van der Waals surface area (Å²) in [6.07, 6.45) is 3.63. The molecule has 3 nitrogen and oxygen atoms in total. The lowest BCUT2D eigenvalue weighted by atomic mass is 10.2. The summed E-state index contributed by atoms with van der Waals surface area (Å²) in [6.45, 7) is 6.01. The van der Waals surface area contributed by atoms with Crippen LogP contribution >= 0.6 is 11.8 Å². The lowest BCUT2D eigenvalue weighted by Crippen LogP contribution is -2.28. The number of nitrogens with zero attached hydrogens (tertiary/aromatic N) is 2. The van der Waals surface area contributed by atoms with Crippen LogP contribution in [0.2, 0.25) is 0 Å². The fraction of sp³-hybridized carbons (Fsp3) is 0.357. The number of hydrogen-bond donors (Lipinski definition) is 1. The second kappa shape index (κ2) is 6.50. The number of nitrogens with one attached hydrogen (secondary N) is 1. The number of aromatic amines is 1. The van der Waals surface area contributed by atoms with Crippen molar-refractivity contribution >= 4 is 17.4 Å². The Morgan fingerprint density at radius 3 is 2.94 bits per heavy atom. The van der Waals surface area contributed by atoms with Gasteiger partial charge in [-0.15, -0.1) is 11.8 Å². The average Bonchev–Trinajstić information content (AvgIpc) is 2.95. The van der Waals surface area contributed by atoms with E-state index in [1.165, 1.54) is 16.3 Å². The third-order valence-corrected chi connectivity index (χ3v) is 3.78. The molecule has 4 heteroatoms. The molecule has 0 radical (unpaired) electrons. The SMILES string of the molecule is CC.c1ccc2c(c1)SCCN2Cc1cnc[nH]1. The van der Waals surface area contributed by atoms with E-state index < -0.39 is 0 Å². The molecule has 0 unspecified atom stereocenters. The lowest BCUT2D eigenvalue weighted by molar-refractivity contribution is 0.802. The molecular weight excluding hydrogens is 242 g/mol. The Morgan fingerprint density at radius 1 is 1.33 bits per heavy atom. The van der Waals surface area contributed by atoms with E-state index in [1.54, 1.807) is 6.33 Å². The highest BCUT2D eigenvalue weighted by Gasteiger charge is 2.16. The van der Waals surface area contributed by atoms with Crippen molar-refractivity contribution in [3.8, 4) is 0 Å². The first-order valence-corrected chi connectivity index (χ1v) is 7.36. The molecule has 0 fully saturated rings. The lowest BCUT2D eigenvalue weighted by Gasteiger charge is -2.30.